The van der Waals surface area contributed by atoms with Gasteiger partial charge in [0.05, 0.1) is 12.9 Å². The standard InChI is InChI=1S/C16H25N4O14P3/c1-4-16(5-2)31-11-9(6-29-36(25,26)34-37(27,28)33-35(22,23)24)30-15(12(11)32-16)20-7-17-10-13(20)18-8(3)19-14(10)21/h7,9,11-12,15H,4-6H2,1-3H3,(H,25,26)(H,27,28)(H,18,19,21)(H2,22,23,24)/t9-,11?,12+,15-/m1/s1. The normalized spacial score (nSPS) is 28.7. The quantitative estimate of drug-likeness (QED) is 0.242. The first-order chi connectivity index (χ1) is 17.1. The van der Waals surface area contributed by atoms with E-state index in [1.165, 1.54) is 10.9 Å². The molecule has 21 heteroatoms. The lowest BCUT2D eigenvalue weighted by Crippen LogP contribution is -2.35. The van der Waals surface area contributed by atoms with Crippen molar-refractivity contribution in [1.29, 1.82) is 0 Å². The number of imidazole rings is 1. The van der Waals surface area contributed by atoms with Gasteiger partial charge >= 0.3 is 23.5 Å². The molecule has 2 aromatic rings. The summed E-state index contributed by atoms with van der Waals surface area (Å²) < 4.78 is 66.6. The van der Waals surface area contributed by atoms with Gasteiger partial charge in [0.2, 0.25) is 0 Å². The summed E-state index contributed by atoms with van der Waals surface area (Å²) >= 11 is 0. The number of ether oxygens (including phenoxy) is 3. The zero-order valence-electron chi connectivity index (χ0n) is 19.6. The molecule has 0 aromatic carbocycles. The Labute approximate surface area is 208 Å². The smallest absolute Gasteiger partial charge is 0.347 e. The molecule has 4 rings (SSSR count). The van der Waals surface area contributed by atoms with Crippen LogP contribution in [0, 0.1) is 6.92 Å². The van der Waals surface area contributed by atoms with E-state index < -0.39 is 66.0 Å². The molecule has 5 N–H and O–H groups in total. The van der Waals surface area contributed by atoms with Gasteiger partial charge in [0.25, 0.3) is 5.56 Å². The fraction of sp³-hybridized carbons (Fsp3) is 0.688. The molecule has 0 bridgehead atoms. The number of aryl methyl sites for hydroxylation is 1. The number of aromatic nitrogens is 4. The molecule has 0 saturated carbocycles. The lowest BCUT2D eigenvalue weighted by molar-refractivity contribution is -0.222. The van der Waals surface area contributed by atoms with E-state index in [-0.39, 0.29) is 11.2 Å². The van der Waals surface area contributed by atoms with Crippen molar-refractivity contribution in [2.75, 3.05) is 6.61 Å². The van der Waals surface area contributed by atoms with Crippen LogP contribution in [0.3, 0.4) is 0 Å². The summed E-state index contributed by atoms with van der Waals surface area (Å²) in [5.74, 6) is -0.706. The maximum atomic E-state index is 12.3. The third-order valence-corrected chi connectivity index (χ3v) is 9.51. The van der Waals surface area contributed by atoms with E-state index in [1.54, 1.807) is 6.92 Å². The summed E-state index contributed by atoms with van der Waals surface area (Å²) in [6, 6.07) is 0. The lowest BCUT2D eigenvalue weighted by Gasteiger charge is -2.29. The maximum Gasteiger partial charge on any atom is 0.490 e. The summed E-state index contributed by atoms with van der Waals surface area (Å²) in [4.78, 5) is 59.7. The highest BCUT2D eigenvalue weighted by Gasteiger charge is 2.58. The van der Waals surface area contributed by atoms with Crippen LogP contribution in [0.25, 0.3) is 11.2 Å². The Bertz CT molecular complexity index is 1370. The van der Waals surface area contributed by atoms with Gasteiger partial charge < -0.3 is 38.8 Å². The zero-order valence-corrected chi connectivity index (χ0v) is 22.2. The van der Waals surface area contributed by atoms with Crippen LogP contribution < -0.4 is 5.56 Å². The van der Waals surface area contributed by atoms with E-state index in [9.17, 15) is 28.3 Å². The Morgan fingerprint density at radius 2 is 1.73 bits per heavy atom. The van der Waals surface area contributed by atoms with Crippen molar-refractivity contribution in [2.45, 2.75) is 63.9 Å². The summed E-state index contributed by atoms with van der Waals surface area (Å²) in [5, 5.41) is 0. The SMILES string of the molecule is CCC1(CC)OC2[C@@H](COP(=O)(O)OP(=O)(O)OP(=O)(O)O)O[C@@H](n3cnc4c(=O)[nH]c(C)nc43)[C@H]2O1. The van der Waals surface area contributed by atoms with E-state index in [0.717, 1.165) is 0 Å². The van der Waals surface area contributed by atoms with Gasteiger partial charge in [0.1, 0.15) is 24.1 Å². The molecule has 2 saturated heterocycles. The summed E-state index contributed by atoms with van der Waals surface area (Å²) in [6.07, 6.45) is -1.58. The molecule has 6 atom stereocenters. The molecule has 208 valence electrons. The first kappa shape index (κ1) is 28.6. The van der Waals surface area contributed by atoms with Crippen molar-refractivity contribution in [1.82, 2.24) is 19.5 Å². The molecular weight excluding hydrogens is 565 g/mol. The highest BCUT2D eigenvalue weighted by Crippen LogP contribution is 2.66. The second-order valence-corrected chi connectivity index (χ2v) is 12.6. The molecule has 0 spiro atoms. The third kappa shape index (κ3) is 6.12. The number of nitrogens with one attached hydrogen (secondary N) is 1. The number of aromatic amines is 1. The maximum absolute atomic E-state index is 12.3. The number of nitrogens with zero attached hydrogens (tertiary/aromatic N) is 3. The average molecular weight is 590 g/mol. The molecule has 4 heterocycles. The highest BCUT2D eigenvalue weighted by atomic mass is 31.3. The van der Waals surface area contributed by atoms with Gasteiger partial charge in [0.15, 0.2) is 23.2 Å². The number of phosphoric acid groups is 3. The summed E-state index contributed by atoms with van der Waals surface area (Å²) in [7, 11) is -16.6. The van der Waals surface area contributed by atoms with E-state index in [1.807, 2.05) is 13.8 Å². The number of hydrogen-bond donors (Lipinski definition) is 5. The molecule has 0 amide bonds. The van der Waals surface area contributed by atoms with Crippen LogP contribution in [0.5, 0.6) is 0 Å². The Kier molecular flexibility index (Phi) is 7.73. The van der Waals surface area contributed by atoms with Gasteiger partial charge in [-0.2, -0.15) is 8.62 Å². The van der Waals surface area contributed by atoms with Crippen molar-refractivity contribution in [3.05, 3.63) is 22.5 Å². The second kappa shape index (κ2) is 9.99. The Hall–Kier alpha value is -1.36. The molecule has 3 unspecified atom stereocenters. The van der Waals surface area contributed by atoms with Gasteiger partial charge in [-0.05, 0) is 19.8 Å². The lowest BCUT2D eigenvalue weighted by atomic mass is 10.1. The molecule has 2 aliphatic rings. The molecule has 2 aromatic heterocycles. The molecule has 37 heavy (non-hydrogen) atoms. The molecule has 0 aliphatic carbocycles. The minimum absolute atomic E-state index is 0.0404. The largest absolute Gasteiger partial charge is 0.490 e. The van der Waals surface area contributed by atoms with Crippen molar-refractivity contribution in [2.24, 2.45) is 0 Å². The zero-order chi connectivity index (χ0) is 27.4. The van der Waals surface area contributed by atoms with Gasteiger partial charge in [-0.1, -0.05) is 13.8 Å². The Morgan fingerprint density at radius 1 is 1.08 bits per heavy atom. The molecule has 18 nitrogen and oxygen atoms in total. The fourth-order valence-electron chi connectivity index (χ4n) is 4.13. The first-order valence-electron chi connectivity index (χ1n) is 10.8. The molecular formula is C16H25N4O14P3. The van der Waals surface area contributed by atoms with Crippen LogP contribution in [0.4, 0.5) is 0 Å². The van der Waals surface area contributed by atoms with Gasteiger partial charge in [-0.15, -0.1) is 0 Å². The predicted octanol–water partition coefficient (Wildman–Crippen LogP) is 0.969. The van der Waals surface area contributed by atoms with Crippen LogP contribution in [0.2, 0.25) is 0 Å². The summed E-state index contributed by atoms with van der Waals surface area (Å²) in [6.45, 7) is 4.50. The van der Waals surface area contributed by atoms with Gasteiger partial charge in [0, 0.05) is 0 Å². The second-order valence-electron chi connectivity index (χ2n) is 8.21. The van der Waals surface area contributed by atoms with Crippen molar-refractivity contribution >= 4 is 34.6 Å². The monoisotopic (exact) mass is 590 g/mol. The number of hydrogen-bond acceptors (Lipinski definition) is 12. The van der Waals surface area contributed by atoms with Crippen LogP contribution >= 0.6 is 23.5 Å². The van der Waals surface area contributed by atoms with Crippen LogP contribution in [0.15, 0.2) is 11.1 Å². The van der Waals surface area contributed by atoms with E-state index >= 15 is 0 Å². The van der Waals surface area contributed by atoms with Crippen molar-refractivity contribution in [3.63, 3.8) is 0 Å². The Morgan fingerprint density at radius 3 is 2.35 bits per heavy atom. The third-order valence-electron chi connectivity index (χ3n) is 5.71. The van der Waals surface area contributed by atoms with E-state index in [2.05, 4.69) is 23.6 Å². The van der Waals surface area contributed by atoms with Gasteiger partial charge in [-0.25, -0.2) is 23.7 Å². The average Bonchev–Trinajstić information content (AvgIpc) is 3.41. The van der Waals surface area contributed by atoms with E-state index in [4.69, 9.17) is 28.5 Å². The van der Waals surface area contributed by atoms with E-state index in [0.29, 0.717) is 18.7 Å². The first-order valence-corrected chi connectivity index (χ1v) is 15.3. The summed E-state index contributed by atoms with van der Waals surface area (Å²) in [5.41, 5.74) is -0.244. The Balaban J connectivity index is 1.59. The van der Waals surface area contributed by atoms with Crippen LogP contribution in [-0.4, -0.2) is 69.8 Å². The van der Waals surface area contributed by atoms with Gasteiger partial charge in [-0.3, -0.25) is 13.9 Å². The topological polar surface area (TPSA) is 251 Å². The molecule has 2 aliphatic heterocycles. The number of fused-ring (bicyclic) bond motifs is 2. The number of phosphoric ester groups is 1. The predicted molar refractivity (Wildman–Crippen MR) is 120 cm³/mol. The number of rotatable bonds is 10. The highest BCUT2D eigenvalue weighted by molar-refractivity contribution is 7.66. The number of H-pyrrole nitrogens is 1. The molecule has 2 fully saturated rings. The minimum Gasteiger partial charge on any atom is -0.347 e. The van der Waals surface area contributed by atoms with Crippen LogP contribution in [0.1, 0.15) is 38.7 Å². The minimum atomic E-state index is -5.69. The van der Waals surface area contributed by atoms with Crippen molar-refractivity contribution < 1.29 is 60.6 Å². The molecule has 0 radical (unpaired) electrons. The fourth-order valence-corrected chi connectivity index (χ4v) is 7.16. The van der Waals surface area contributed by atoms with Crippen LogP contribution in [-0.2, 0) is 41.1 Å². The van der Waals surface area contributed by atoms with Crippen molar-refractivity contribution in [3.8, 4) is 0 Å².